The second-order valence-electron chi connectivity index (χ2n) is 7.77. The summed E-state index contributed by atoms with van der Waals surface area (Å²) in [5.41, 5.74) is 2.93. The predicted octanol–water partition coefficient (Wildman–Crippen LogP) is 0.760. The van der Waals surface area contributed by atoms with Gasteiger partial charge in [-0.1, -0.05) is 30.3 Å². The molecule has 2 saturated heterocycles. The maximum absolute atomic E-state index is 13.1. The monoisotopic (exact) mass is 404 g/mol. The summed E-state index contributed by atoms with van der Waals surface area (Å²) >= 11 is 0. The van der Waals surface area contributed by atoms with Crippen molar-refractivity contribution < 1.29 is 24.7 Å². The zero-order valence-electron chi connectivity index (χ0n) is 16.2. The minimum Gasteiger partial charge on any atom is -0.465 e. The van der Waals surface area contributed by atoms with Gasteiger partial charge in [0.25, 0.3) is 0 Å². The van der Waals surface area contributed by atoms with Crippen LogP contribution in [0.4, 0.5) is 4.79 Å². The van der Waals surface area contributed by atoms with Crippen molar-refractivity contribution in [1.82, 2.24) is 21.0 Å². The number of hydroxylamine groups is 1. The van der Waals surface area contributed by atoms with Crippen LogP contribution in [0.2, 0.25) is 0 Å². The summed E-state index contributed by atoms with van der Waals surface area (Å²) in [6.45, 7) is 1.84. The minimum absolute atomic E-state index is 0.138. The van der Waals surface area contributed by atoms with Crippen molar-refractivity contribution in [2.24, 2.45) is 11.8 Å². The van der Waals surface area contributed by atoms with Crippen LogP contribution in [0.15, 0.2) is 30.3 Å². The summed E-state index contributed by atoms with van der Waals surface area (Å²) < 4.78 is 0. The van der Waals surface area contributed by atoms with Crippen molar-refractivity contribution in [1.29, 1.82) is 0 Å². The molecule has 2 aliphatic heterocycles. The fourth-order valence-corrected chi connectivity index (χ4v) is 4.36. The van der Waals surface area contributed by atoms with E-state index in [9.17, 15) is 14.4 Å². The molecule has 1 aromatic carbocycles. The molecular formula is C20H28N4O5. The average molecular weight is 404 g/mol. The van der Waals surface area contributed by atoms with E-state index in [1.165, 1.54) is 5.56 Å². The van der Waals surface area contributed by atoms with Gasteiger partial charge in [0.15, 0.2) is 0 Å². The van der Waals surface area contributed by atoms with E-state index in [1.807, 2.05) is 18.2 Å². The van der Waals surface area contributed by atoms with Crippen molar-refractivity contribution in [2.45, 2.75) is 31.2 Å². The highest BCUT2D eigenvalue weighted by atomic mass is 16.5. The Labute approximate surface area is 169 Å². The lowest BCUT2D eigenvalue weighted by molar-refractivity contribution is -0.145. The Kier molecular flexibility index (Phi) is 7.05. The molecule has 0 aliphatic carbocycles. The van der Waals surface area contributed by atoms with Gasteiger partial charge in [-0.05, 0) is 36.7 Å². The molecule has 29 heavy (non-hydrogen) atoms. The number of piperidine rings is 2. The fraction of sp³-hybridized carbons (Fsp3) is 0.550. The minimum atomic E-state index is -1.13. The molecule has 0 radical (unpaired) electrons. The number of hydrogen-bond acceptors (Lipinski definition) is 5. The van der Waals surface area contributed by atoms with Gasteiger partial charge in [0.1, 0.15) is 0 Å². The summed E-state index contributed by atoms with van der Waals surface area (Å²) in [4.78, 5) is 37.8. The summed E-state index contributed by atoms with van der Waals surface area (Å²) in [6, 6.07) is 9.52. The molecule has 3 atom stereocenters. The zero-order valence-corrected chi connectivity index (χ0v) is 16.2. The molecule has 1 unspecified atom stereocenters. The number of carboxylic acid groups (broad SMARTS) is 1. The second-order valence-corrected chi connectivity index (χ2v) is 7.77. The first kappa shape index (κ1) is 21.1. The number of carbonyl (C=O) groups excluding carboxylic acids is 2. The third-order valence-corrected chi connectivity index (χ3v) is 5.95. The number of nitrogens with zero attached hydrogens (tertiary/aromatic N) is 1. The van der Waals surface area contributed by atoms with E-state index in [1.54, 1.807) is 10.4 Å². The van der Waals surface area contributed by atoms with Crippen molar-refractivity contribution in [3.8, 4) is 0 Å². The van der Waals surface area contributed by atoms with Crippen LogP contribution in [0, 0.1) is 11.8 Å². The fourth-order valence-electron chi connectivity index (χ4n) is 4.36. The van der Waals surface area contributed by atoms with Crippen molar-refractivity contribution in [3.63, 3.8) is 0 Å². The standard InChI is InChI=1S/C20H28N4O5/c25-18(23-29)16-10-13(12-22-20(27)28)11-21-17(16)19(26)24-8-6-15(7-9-24)14-4-2-1-3-5-14/h1-5,13,15-17,21-22,29H,6-12H2,(H,23,25)(H,27,28)/t13?,16-,17-/m0/s1. The van der Waals surface area contributed by atoms with E-state index in [-0.39, 0.29) is 18.4 Å². The van der Waals surface area contributed by atoms with Crippen LogP contribution < -0.4 is 16.1 Å². The highest BCUT2D eigenvalue weighted by Crippen LogP contribution is 2.29. The Bertz CT molecular complexity index is 721. The zero-order chi connectivity index (χ0) is 20.8. The van der Waals surface area contributed by atoms with Gasteiger partial charge in [-0.25, -0.2) is 10.3 Å². The lowest BCUT2D eigenvalue weighted by atomic mass is 9.82. The molecule has 3 amide bonds. The first-order valence-electron chi connectivity index (χ1n) is 9.97. The molecule has 0 spiro atoms. The molecule has 2 heterocycles. The van der Waals surface area contributed by atoms with Gasteiger partial charge < -0.3 is 20.6 Å². The van der Waals surface area contributed by atoms with E-state index in [0.29, 0.717) is 32.0 Å². The average Bonchev–Trinajstić information content (AvgIpc) is 2.77. The third-order valence-electron chi connectivity index (χ3n) is 5.95. The highest BCUT2D eigenvalue weighted by molar-refractivity contribution is 5.90. The first-order valence-corrected chi connectivity index (χ1v) is 9.97. The van der Waals surface area contributed by atoms with Crippen LogP contribution in [0.5, 0.6) is 0 Å². The Morgan fingerprint density at radius 2 is 1.83 bits per heavy atom. The molecule has 0 saturated carbocycles. The van der Waals surface area contributed by atoms with E-state index >= 15 is 0 Å². The Morgan fingerprint density at radius 3 is 2.45 bits per heavy atom. The molecule has 2 aliphatic rings. The van der Waals surface area contributed by atoms with Crippen LogP contribution >= 0.6 is 0 Å². The van der Waals surface area contributed by atoms with Gasteiger partial charge in [0.05, 0.1) is 12.0 Å². The van der Waals surface area contributed by atoms with E-state index in [4.69, 9.17) is 10.3 Å². The Balaban J connectivity index is 1.60. The van der Waals surface area contributed by atoms with Crippen molar-refractivity contribution in [2.75, 3.05) is 26.2 Å². The maximum Gasteiger partial charge on any atom is 0.404 e. The van der Waals surface area contributed by atoms with Crippen LogP contribution in [-0.4, -0.2) is 65.3 Å². The number of amides is 3. The first-order chi connectivity index (χ1) is 14.0. The van der Waals surface area contributed by atoms with Gasteiger partial charge in [0.2, 0.25) is 11.8 Å². The summed E-state index contributed by atoms with van der Waals surface area (Å²) in [5, 5.41) is 23.3. The van der Waals surface area contributed by atoms with E-state index in [2.05, 4.69) is 22.8 Å². The highest BCUT2D eigenvalue weighted by Gasteiger charge is 2.41. The third kappa shape index (κ3) is 5.24. The lowest BCUT2D eigenvalue weighted by Gasteiger charge is -2.39. The van der Waals surface area contributed by atoms with Crippen LogP contribution in [-0.2, 0) is 9.59 Å². The number of likely N-dealkylation sites (tertiary alicyclic amines) is 1. The number of nitrogens with one attached hydrogen (secondary N) is 3. The molecule has 0 aromatic heterocycles. The van der Waals surface area contributed by atoms with Crippen molar-refractivity contribution >= 4 is 17.9 Å². The lowest BCUT2D eigenvalue weighted by Crippen LogP contribution is -2.60. The molecule has 9 nitrogen and oxygen atoms in total. The topological polar surface area (TPSA) is 131 Å². The normalized spacial score (nSPS) is 25.3. The molecule has 2 fully saturated rings. The predicted molar refractivity (Wildman–Crippen MR) is 104 cm³/mol. The number of carbonyl (C=O) groups is 3. The molecule has 3 rings (SSSR count). The van der Waals surface area contributed by atoms with Gasteiger partial charge in [-0.2, -0.15) is 0 Å². The van der Waals surface area contributed by atoms with Gasteiger partial charge in [-0.15, -0.1) is 0 Å². The smallest absolute Gasteiger partial charge is 0.404 e. The second kappa shape index (κ2) is 9.71. The quantitative estimate of drug-likeness (QED) is 0.364. The summed E-state index contributed by atoms with van der Waals surface area (Å²) in [5.74, 6) is -1.25. The molecular weight excluding hydrogens is 376 g/mol. The van der Waals surface area contributed by atoms with E-state index in [0.717, 1.165) is 12.8 Å². The Morgan fingerprint density at radius 1 is 1.14 bits per heavy atom. The van der Waals surface area contributed by atoms with Gasteiger partial charge in [-0.3, -0.25) is 14.8 Å². The van der Waals surface area contributed by atoms with Crippen LogP contribution in [0.25, 0.3) is 0 Å². The molecule has 1 aromatic rings. The summed E-state index contributed by atoms with van der Waals surface area (Å²) in [6.07, 6.45) is 0.915. The van der Waals surface area contributed by atoms with E-state index < -0.39 is 24.0 Å². The molecule has 158 valence electrons. The van der Waals surface area contributed by atoms with Gasteiger partial charge >= 0.3 is 6.09 Å². The number of benzene rings is 1. The SMILES string of the molecule is O=C(O)NCC1CN[C@H](C(=O)N2CCC(c3ccccc3)CC2)[C@@H](C(=O)NO)C1. The number of rotatable bonds is 5. The molecule has 0 bridgehead atoms. The van der Waals surface area contributed by atoms with Crippen LogP contribution in [0.3, 0.4) is 0 Å². The van der Waals surface area contributed by atoms with Crippen LogP contribution in [0.1, 0.15) is 30.7 Å². The molecule has 9 heteroatoms. The summed E-state index contributed by atoms with van der Waals surface area (Å²) in [7, 11) is 0. The Hall–Kier alpha value is -2.65. The number of hydrogen-bond donors (Lipinski definition) is 5. The van der Waals surface area contributed by atoms with Gasteiger partial charge in [0, 0.05) is 26.2 Å². The largest absolute Gasteiger partial charge is 0.465 e. The van der Waals surface area contributed by atoms with Crippen molar-refractivity contribution in [3.05, 3.63) is 35.9 Å². The molecule has 5 N–H and O–H groups in total. The maximum atomic E-state index is 13.1.